The minimum atomic E-state index is -0.893. The summed E-state index contributed by atoms with van der Waals surface area (Å²) in [7, 11) is 0. The molecule has 0 aliphatic heterocycles. The molecule has 34 heavy (non-hydrogen) atoms. The van der Waals surface area contributed by atoms with Gasteiger partial charge in [-0.05, 0) is 55.7 Å². The quantitative estimate of drug-likeness (QED) is 0.490. The lowest BCUT2D eigenvalue weighted by molar-refractivity contribution is 0.109. The molecule has 1 N–H and O–H groups in total. The summed E-state index contributed by atoms with van der Waals surface area (Å²) in [4.78, 5) is 18.2. The summed E-state index contributed by atoms with van der Waals surface area (Å²) in [6.07, 6.45) is 5.96. The minimum absolute atomic E-state index is 0.316. The van der Waals surface area contributed by atoms with Crippen molar-refractivity contribution in [2.75, 3.05) is 13.1 Å². The normalized spacial score (nSPS) is 18.6. The first kappa shape index (κ1) is 23.8. The van der Waals surface area contributed by atoms with Crippen LogP contribution in [0, 0.1) is 23.2 Å². The Bertz CT molecular complexity index is 1190. The first-order chi connectivity index (χ1) is 16.3. The number of fused-ring (bicyclic) bond motifs is 1. The van der Waals surface area contributed by atoms with Gasteiger partial charge in [0.25, 0.3) is 0 Å². The lowest BCUT2D eigenvalue weighted by Crippen LogP contribution is -2.43. The molecule has 1 amide bonds. The van der Waals surface area contributed by atoms with Crippen molar-refractivity contribution < 1.29 is 14.4 Å². The van der Waals surface area contributed by atoms with Gasteiger partial charge in [0.1, 0.15) is 5.76 Å². The molecule has 4 rings (SSSR count). The van der Waals surface area contributed by atoms with E-state index in [2.05, 4.69) is 20.8 Å². The fourth-order valence-electron chi connectivity index (χ4n) is 5.16. The van der Waals surface area contributed by atoms with Gasteiger partial charge in [0.15, 0.2) is 0 Å². The van der Waals surface area contributed by atoms with Gasteiger partial charge in [-0.2, -0.15) is 5.26 Å². The van der Waals surface area contributed by atoms with Crippen LogP contribution >= 0.6 is 0 Å². The molecule has 0 spiro atoms. The maximum Gasteiger partial charge on any atom is 0.407 e. The maximum atomic E-state index is 12.1. The van der Waals surface area contributed by atoms with Gasteiger partial charge in [0.2, 0.25) is 0 Å². The lowest BCUT2D eigenvalue weighted by Gasteiger charge is -2.35. The molecule has 2 aromatic heterocycles. The number of carbonyl (C=O) groups is 1. The molecule has 8 nitrogen and oxygen atoms in total. The summed E-state index contributed by atoms with van der Waals surface area (Å²) in [5, 5.41) is 23.3. The molecule has 1 fully saturated rings. The van der Waals surface area contributed by atoms with E-state index in [-0.39, 0.29) is 0 Å². The smallest absolute Gasteiger partial charge is 0.407 e. The van der Waals surface area contributed by atoms with E-state index in [1.807, 2.05) is 45.3 Å². The van der Waals surface area contributed by atoms with Crippen LogP contribution in [0.3, 0.4) is 0 Å². The first-order valence-electron chi connectivity index (χ1n) is 12.1. The highest BCUT2D eigenvalue weighted by atomic mass is 16.5. The van der Waals surface area contributed by atoms with E-state index in [0.717, 1.165) is 61.1 Å². The predicted octanol–water partition coefficient (Wildman–Crippen LogP) is 5.22. The Balaban J connectivity index is 1.42. The van der Waals surface area contributed by atoms with Crippen molar-refractivity contribution in [3.05, 3.63) is 47.6 Å². The molecule has 8 heteroatoms. The summed E-state index contributed by atoms with van der Waals surface area (Å²) in [6.45, 7) is 7.75. The van der Waals surface area contributed by atoms with E-state index in [1.54, 1.807) is 11.0 Å². The van der Waals surface area contributed by atoms with E-state index < -0.39 is 11.5 Å². The van der Waals surface area contributed by atoms with Crippen molar-refractivity contribution in [1.82, 2.24) is 19.6 Å². The van der Waals surface area contributed by atoms with Crippen LogP contribution in [0.15, 0.2) is 35.1 Å². The summed E-state index contributed by atoms with van der Waals surface area (Å²) < 4.78 is 7.66. The Morgan fingerprint density at radius 1 is 1.32 bits per heavy atom. The van der Waals surface area contributed by atoms with E-state index in [9.17, 15) is 15.2 Å². The van der Waals surface area contributed by atoms with Crippen LogP contribution in [0.25, 0.3) is 11.0 Å². The molecule has 2 atom stereocenters. The molecule has 0 radical (unpaired) electrons. The van der Waals surface area contributed by atoms with Crippen LogP contribution in [0.1, 0.15) is 63.5 Å². The summed E-state index contributed by atoms with van der Waals surface area (Å²) in [5.41, 5.74) is 2.93. The molecule has 0 saturated heterocycles. The zero-order valence-electron chi connectivity index (χ0n) is 20.2. The summed E-state index contributed by atoms with van der Waals surface area (Å²) in [5.74, 6) is 1.49. The molecular formula is C26H33N5O3. The van der Waals surface area contributed by atoms with Crippen molar-refractivity contribution in [2.45, 2.75) is 64.8 Å². The second kappa shape index (κ2) is 9.88. The van der Waals surface area contributed by atoms with Gasteiger partial charge in [-0.3, -0.25) is 0 Å². The first-order valence-corrected chi connectivity index (χ1v) is 12.1. The number of nitriles is 1. The van der Waals surface area contributed by atoms with Gasteiger partial charge >= 0.3 is 6.09 Å². The van der Waals surface area contributed by atoms with Gasteiger partial charge in [0.05, 0.1) is 34.7 Å². The van der Waals surface area contributed by atoms with E-state index in [4.69, 9.17) is 4.52 Å². The number of benzene rings is 1. The third-order valence-corrected chi connectivity index (χ3v) is 7.02. The fourth-order valence-corrected chi connectivity index (χ4v) is 5.16. The van der Waals surface area contributed by atoms with Crippen LogP contribution in [0.4, 0.5) is 4.79 Å². The standard InChI is InChI=1S/C26H33N5O3/c1-4-21-12-24(34-29-21)26(2,3)16-30(25(32)33)14-19-6-5-7-20(10-19)15-31-17-28-22-9-8-18(13-27)11-23(22)31/h8-9,11-12,17,19-20H,4-7,10,14-16H2,1-3H3,(H,32,33)/t19?,20-/m0/s1. The maximum absolute atomic E-state index is 12.1. The van der Waals surface area contributed by atoms with E-state index >= 15 is 0 Å². The molecule has 0 bridgehead atoms. The van der Waals surface area contributed by atoms with Crippen molar-refractivity contribution >= 4 is 17.1 Å². The Kier molecular flexibility index (Phi) is 6.92. The fraction of sp³-hybridized carbons (Fsp3) is 0.538. The highest BCUT2D eigenvalue weighted by Crippen LogP contribution is 2.33. The molecular weight excluding hydrogens is 430 g/mol. The predicted molar refractivity (Wildman–Crippen MR) is 128 cm³/mol. The van der Waals surface area contributed by atoms with Gasteiger partial charge in [-0.25, -0.2) is 9.78 Å². The Morgan fingerprint density at radius 2 is 2.12 bits per heavy atom. The number of imidazole rings is 1. The molecule has 1 aliphatic carbocycles. The zero-order chi connectivity index (χ0) is 24.3. The molecule has 1 saturated carbocycles. The third-order valence-electron chi connectivity index (χ3n) is 7.02. The molecule has 1 aromatic carbocycles. The van der Waals surface area contributed by atoms with Crippen LogP contribution in [0.5, 0.6) is 0 Å². The number of rotatable bonds is 8. The second-order valence-electron chi connectivity index (χ2n) is 10.2. The highest BCUT2D eigenvalue weighted by molar-refractivity contribution is 5.76. The van der Waals surface area contributed by atoms with Gasteiger partial charge in [0, 0.05) is 31.1 Å². The minimum Gasteiger partial charge on any atom is -0.465 e. The number of aryl methyl sites for hydroxylation is 1. The monoisotopic (exact) mass is 463 g/mol. The highest BCUT2D eigenvalue weighted by Gasteiger charge is 2.33. The van der Waals surface area contributed by atoms with Crippen molar-refractivity contribution in [3.8, 4) is 6.07 Å². The van der Waals surface area contributed by atoms with Crippen LogP contribution in [-0.2, 0) is 18.4 Å². The number of aromatic nitrogens is 3. The van der Waals surface area contributed by atoms with Crippen LogP contribution in [-0.4, -0.2) is 43.9 Å². The Labute approximate surface area is 200 Å². The molecule has 1 aliphatic rings. The Hall–Kier alpha value is -3.34. The topological polar surface area (TPSA) is 108 Å². The largest absolute Gasteiger partial charge is 0.465 e. The number of hydrogen-bond acceptors (Lipinski definition) is 5. The molecule has 1 unspecified atom stereocenters. The summed E-state index contributed by atoms with van der Waals surface area (Å²) in [6, 6.07) is 9.71. The number of amides is 1. The number of carboxylic acid groups (broad SMARTS) is 1. The Morgan fingerprint density at radius 3 is 2.82 bits per heavy atom. The van der Waals surface area contributed by atoms with E-state index in [1.165, 1.54) is 0 Å². The third kappa shape index (κ3) is 5.24. The molecule has 180 valence electrons. The average Bonchev–Trinajstić information content (AvgIpc) is 3.46. The summed E-state index contributed by atoms with van der Waals surface area (Å²) >= 11 is 0. The van der Waals surface area contributed by atoms with Gasteiger partial charge < -0.3 is 19.1 Å². The van der Waals surface area contributed by atoms with Crippen molar-refractivity contribution in [3.63, 3.8) is 0 Å². The number of hydrogen-bond donors (Lipinski definition) is 1. The zero-order valence-corrected chi connectivity index (χ0v) is 20.2. The van der Waals surface area contributed by atoms with Crippen LogP contribution < -0.4 is 0 Å². The number of nitrogens with zero attached hydrogens (tertiary/aromatic N) is 5. The van der Waals surface area contributed by atoms with Crippen LogP contribution in [0.2, 0.25) is 0 Å². The van der Waals surface area contributed by atoms with E-state index in [0.29, 0.717) is 30.5 Å². The van der Waals surface area contributed by atoms with Crippen molar-refractivity contribution in [1.29, 1.82) is 5.26 Å². The van der Waals surface area contributed by atoms with Gasteiger partial charge in [-0.1, -0.05) is 32.3 Å². The van der Waals surface area contributed by atoms with Crippen molar-refractivity contribution in [2.24, 2.45) is 11.8 Å². The average molecular weight is 464 g/mol. The molecule has 3 aromatic rings. The SMILES string of the molecule is CCc1cc(C(C)(C)CN(CC2CCC[C@H](Cn3cnc4ccc(C#N)cc43)C2)C(=O)O)on1. The second-order valence-corrected chi connectivity index (χ2v) is 10.2. The molecule has 2 heterocycles. The lowest BCUT2D eigenvalue weighted by atomic mass is 9.80. The van der Waals surface area contributed by atoms with Gasteiger partial charge in [-0.15, -0.1) is 0 Å².